The third kappa shape index (κ3) is 2.99. The van der Waals surface area contributed by atoms with Crippen molar-refractivity contribution in [1.29, 1.82) is 0 Å². The first-order valence-electron chi connectivity index (χ1n) is 10.6. The monoisotopic (exact) mass is 460 g/mol. The highest BCUT2D eigenvalue weighted by Gasteiger charge is 2.35. The minimum Gasteiger partial charge on any atom is -0.311 e. The minimum atomic E-state index is -0.708. The Morgan fingerprint density at radius 2 is 2.00 bits per heavy atom. The molecule has 0 aliphatic carbocycles. The van der Waals surface area contributed by atoms with Gasteiger partial charge in [-0.2, -0.15) is 10.2 Å². The van der Waals surface area contributed by atoms with Crippen molar-refractivity contribution in [3.8, 4) is 28.3 Å². The molecule has 0 amide bonds. The Morgan fingerprint density at radius 1 is 1.12 bits per heavy atom. The number of benzene rings is 1. The molecule has 5 aromatic rings. The first-order valence-corrected chi connectivity index (χ1v) is 10.6. The molecule has 5 heterocycles. The first kappa shape index (κ1) is 20.1. The van der Waals surface area contributed by atoms with Crippen LogP contribution in [0, 0.1) is 11.6 Å². The molecule has 34 heavy (non-hydrogen) atoms. The van der Waals surface area contributed by atoms with E-state index in [-0.39, 0.29) is 11.6 Å². The Hall–Kier alpha value is -4.48. The molecular weight excluding hydrogens is 442 g/mol. The first-order chi connectivity index (χ1) is 16.5. The van der Waals surface area contributed by atoms with Crippen LogP contribution in [0.1, 0.15) is 25.2 Å². The normalized spacial score (nSPS) is 14.8. The quantitative estimate of drug-likeness (QED) is 0.436. The van der Waals surface area contributed by atoms with Crippen LogP contribution in [-0.4, -0.2) is 44.7 Å². The van der Waals surface area contributed by atoms with Crippen molar-refractivity contribution in [2.75, 3.05) is 4.90 Å². The number of halogens is 2. The lowest BCUT2D eigenvalue weighted by Gasteiger charge is -2.35. The molecule has 0 saturated carbocycles. The van der Waals surface area contributed by atoms with Crippen LogP contribution in [0.25, 0.3) is 28.3 Å². The van der Waals surface area contributed by atoms with E-state index in [0.29, 0.717) is 28.6 Å². The van der Waals surface area contributed by atoms with Crippen molar-refractivity contribution >= 4 is 11.5 Å². The third-order valence-corrected chi connectivity index (χ3v) is 5.86. The average Bonchev–Trinajstić information content (AvgIpc) is 3.58. The highest BCUT2D eigenvalue weighted by molar-refractivity contribution is 5.79. The fourth-order valence-corrected chi connectivity index (χ4v) is 4.32. The number of aromatic nitrogens is 9. The van der Waals surface area contributed by atoms with Crippen molar-refractivity contribution < 1.29 is 8.78 Å². The summed E-state index contributed by atoms with van der Waals surface area (Å²) in [6.45, 7) is 2.06. The van der Waals surface area contributed by atoms with Crippen LogP contribution in [-0.2, 0) is 7.05 Å². The van der Waals surface area contributed by atoms with Gasteiger partial charge in [0.05, 0.1) is 41.6 Å². The van der Waals surface area contributed by atoms with E-state index in [1.165, 1.54) is 18.3 Å². The number of hydrogen-bond donors (Lipinski definition) is 1. The summed E-state index contributed by atoms with van der Waals surface area (Å²) < 4.78 is 31.6. The van der Waals surface area contributed by atoms with E-state index in [2.05, 4.69) is 42.3 Å². The van der Waals surface area contributed by atoms with Gasteiger partial charge in [-0.25, -0.2) is 18.7 Å². The number of nitrogens with one attached hydrogen (secondary N) is 1. The molecule has 4 aromatic heterocycles. The molecule has 6 rings (SSSR count). The standard InChI is InChI=1S/C22H18F2N10/c1-3-17-22-31-27-11-33(22)18-9-25-20(29-21(18)34(17)13-7-28-32(2)10-13)15-8-26-30-19(15)14-5-4-12(23)6-16(14)24/h4-11,17H,3H2,1-2H3,(H,26,30). The predicted molar refractivity (Wildman–Crippen MR) is 118 cm³/mol. The van der Waals surface area contributed by atoms with Crippen LogP contribution in [0.4, 0.5) is 20.3 Å². The molecule has 0 fully saturated rings. The lowest BCUT2D eigenvalue weighted by molar-refractivity contribution is 0.585. The Bertz CT molecular complexity index is 1520. The Balaban J connectivity index is 1.54. The molecule has 170 valence electrons. The molecule has 0 saturated heterocycles. The summed E-state index contributed by atoms with van der Waals surface area (Å²) in [7, 11) is 1.85. The maximum Gasteiger partial charge on any atom is 0.165 e. The second-order valence-corrected chi connectivity index (χ2v) is 7.91. The number of anilines is 2. The van der Waals surface area contributed by atoms with Crippen molar-refractivity contribution in [2.45, 2.75) is 19.4 Å². The second kappa shape index (κ2) is 7.54. The van der Waals surface area contributed by atoms with Crippen LogP contribution < -0.4 is 4.90 Å². The smallest absolute Gasteiger partial charge is 0.165 e. The van der Waals surface area contributed by atoms with Gasteiger partial charge in [0, 0.05) is 24.9 Å². The zero-order valence-corrected chi connectivity index (χ0v) is 18.2. The maximum atomic E-state index is 14.5. The van der Waals surface area contributed by atoms with Gasteiger partial charge in [-0.05, 0) is 18.6 Å². The topological polar surface area (TPSA) is 106 Å². The molecule has 12 heteroatoms. The Labute approximate surface area is 191 Å². The van der Waals surface area contributed by atoms with Gasteiger partial charge in [-0.15, -0.1) is 10.2 Å². The van der Waals surface area contributed by atoms with Crippen LogP contribution in [0.5, 0.6) is 0 Å². The number of hydrogen-bond acceptors (Lipinski definition) is 7. The zero-order chi connectivity index (χ0) is 23.4. The van der Waals surface area contributed by atoms with Gasteiger partial charge in [0.2, 0.25) is 0 Å². The highest BCUT2D eigenvalue weighted by Crippen LogP contribution is 2.43. The summed E-state index contributed by atoms with van der Waals surface area (Å²) >= 11 is 0. The fraction of sp³-hybridized carbons (Fsp3) is 0.182. The highest BCUT2D eigenvalue weighted by atomic mass is 19.1. The molecule has 1 N–H and O–H groups in total. The third-order valence-electron chi connectivity index (χ3n) is 5.86. The minimum absolute atomic E-state index is 0.139. The molecule has 1 unspecified atom stereocenters. The summed E-state index contributed by atoms with van der Waals surface area (Å²) in [5, 5.41) is 19.6. The van der Waals surface area contributed by atoms with Gasteiger partial charge in [-0.3, -0.25) is 14.3 Å². The maximum absolute atomic E-state index is 14.5. The summed E-state index contributed by atoms with van der Waals surface area (Å²) in [6.07, 6.45) is 9.24. The molecule has 1 aromatic carbocycles. The molecule has 1 aliphatic heterocycles. The largest absolute Gasteiger partial charge is 0.311 e. The van der Waals surface area contributed by atoms with Crippen LogP contribution >= 0.6 is 0 Å². The molecular formula is C22H18F2N10. The van der Waals surface area contributed by atoms with E-state index < -0.39 is 11.6 Å². The molecule has 1 atom stereocenters. The van der Waals surface area contributed by atoms with Gasteiger partial charge in [0.1, 0.15) is 23.6 Å². The molecule has 0 spiro atoms. The number of nitrogens with zero attached hydrogens (tertiary/aromatic N) is 9. The average molecular weight is 460 g/mol. The lowest BCUT2D eigenvalue weighted by atomic mass is 10.1. The SMILES string of the molecule is CCC1c2nncn2-c2cnc(-c3cn[nH]c3-c3ccc(F)cc3F)nc2N1c1cnn(C)c1. The number of fused-ring (bicyclic) bond motifs is 3. The van der Waals surface area contributed by atoms with E-state index in [1.54, 1.807) is 23.4 Å². The Kier molecular flexibility index (Phi) is 4.47. The van der Waals surface area contributed by atoms with E-state index in [1.807, 2.05) is 17.8 Å². The van der Waals surface area contributed by atoms with Crippen molar-refractivity contribution in [3.63, 3.8) is 0 Å². The summed E-state index contributed by atoms with van der Waals surface area (Å²) in [5.74, 6) is 0.374. The van der Waals surface area contributed by atoms with Gasteiger partial charge in [0.25, 0.3) is 0 Å². The van der Waals surface area contributed by atoms with E-state index in [0.717, 1.165) is 24.0 Å². The predicted octanol–water partition coefficient (Wildman–Crippen LogP) is 3.73. The number of H-pyrrole nitrogens is 1. The van der Waals surface area contributed by atoms with Crippen molar-refractivity contribution in [3.05, 3.63) is 66.8 Å². The van der Waals surface area contributed by atoms with Gasteiger partial charge in [0.15, 0.2) is 17.5 Å². The molecule has 0 bridgehead atoms. The van der Waals surface area contributed by atoms with Crippen molar-refractivity contribution in [2.24, 2.45) is 7.05 Å². The number of rotatable bonds is 4. The summed E-state index contributed by atoms with van der Waals surface area (Å²) in [6, 6.07) is 3.25. The summed E-state index contributed by atoms with van der Waals surface area (Å²) in [5.41, 5.74) is 2.56. The van der Waals surface area contributed by atoms with Crippen LogP contribution in [0.2, 0.25) is 0 Å². The number of aryl methyl sites for hydroxylation is 1. The second-order valence-electron chi connectivity index (χ2n) is 7.91. The van der Waals surface area contributed by atoms with Crippen molar-refractivity contribution in [1.82, 2.24) is 44.7 Å². The molecule has 10 nitrogen and oxygen atoms in total. The summed E-state index contributed by atoms with van der Waals surface area (Å²) in [4.78, 5) is 11.5. The van der Waals surface area contributed by atoms with E-state index in [9.17, 15) is 8.78 Å². The van der Waals surface area contributed by atoms with Gasteiger partial charge in [-0.1, -0.05) is 6.92 Å². The fourth-order valence-electron chi connectivity index (χ4n) is 4.32. The van der Waals surface area contributed by atoms with Gasteiger partial charge < -0.3 is 4.90 Å². The Morgan fingerprint density at radius 3 is 2.76 bits per heavy atom. The van der Waals surface area contributed by atoms with E-state index >= 15 is 0 Å². The van der Waals surface area contributed by atoms with Crippen LogP contribution in [0.3, 0.4) is 0 Å². The van der Waals surface area contributed by atoms with Crippen LogP contribution in [0.15, 0.2) is 49.3 Å². The zero-order valence-electron chi connectivity index (χ0n) is 18.2. The van der Waals surface area contributed by atoms with E-state index in [4.69, 9.17) is 4.98 Å². The molecule has 0 radical (unpaired) electrons. The lowest BCUT2D eigenvalue weighted by Crippen LogP contribution is -2.32. The van der Waals surface area contributed by atoms with Gasteiger partial charge >= 0.3 is 0 Å². The molecule has 1 aliphatic rings. The number of aromatic amines is 1.